The number of pyridine rings is 1. The fourth-order valence-corrected chi connectivity index (χ4v) is 2.89. The van der Waals surface area contributed by atoms with Crippen LogP contribution >= 0.6 is 0 Å². The Balaban J connectivity index is 1.85. The topological polar surface area (TPSA) is 80.7 Å². The SMILES string of the molecule is Cc1nc2ccccn2c1C(=O)N1CCC(C(N)=O)CC1. The van der Waals surface area contributed by atoms with Crippen molar-refractivity contribution in [3.63, 3.8) is 0 Å². The van der Waals surface area contributed by atoms with Gasteiger partial charge in [-0.25, -0.2) is 4.98 Å². The van der Waals surface area contributed by atoms with Crippen LogP contribution in [0.5, 0.6) is 0 Å². The van der Waals surface area contributed by atoms with E-state index in [0.29, 0.717) is 31.6 Å². The number of aromatic nitrogens is 2. The van der Waals surface area contributed by atoms with Gasteiger partial charge in [0, 0.05) is 25.2 Å². The van der Waals surface area contributed by atoms with E-state index in [1.165, 1.54) is 0 Å². The Hall–Kier alpha value is -2.37. The molecule has 1 saturated heterocycles. The summed E-state index contributed by atoms with van der Waals surface area (Å²) in [5.41, 5.74) is 7.42. The molecule has 3 heterocycles. The summed E-state index contributed by atoms with van der Waals surface area (Å²) in [7, 11) is 0. The zero-order chi connectivity index (χ0) is 15.0. The van der Waals surface area contributed by atoms with Crippen LogP contribution < -0.4 is 5.73 Å². The predicted molar refractivity (Wildman–Crippen MR) is 77.8 cm³/mol. The molecule has 0 aromatic carbocycles. The van der Waals surface area contributed by atoms with Gasteiger partial charge in [-0.05, 0) is 31.9 Å². The molecular weight excluding hydrogens is 268 g/mol. The van der Waals surface area contributed by atoms with Crippen LogP contribution in [-0.4, -0.2) is 39.2 Å². The molecule has 21 heavy (non-hydrogen) atoms. The van der Waals surface area contributed by atoms with Crippen molar-refractivity contribution in [2.75, 3.05) is 13.1 Å². The maximum atomic E-state index is 12.7. The largest absolute Gasteiger partial charge is 0.369 e. The van der Waals surface area contributed by atoms with Gasteiger partial charge in [0.2, 0.25) is 5.91 Å². The quantitative estimate of drug-likeness (QED) is 0.893. The average molecular weight is 286 g/mol. The molecule has 0 bridgehead atoms. The second-order valence-corrected chi connectivity index (χ2v) is 5.44. The molecule has 2 amide bonds. The molecule has 2 aromatic rings. The normalized spacial score (nSPS) is 16.3. The number of nitrogens with zero attached hydrogens (tertiary/aromatic N) is 3. The Kier molecular flexibility index (Phi) is 3.37. The summed E-state index contributed by atoms with van der Waals surface area (Å²) in [5.74, 6) is -0.417. The number of rotatable bonds is 2. The predicted octanol–water partition coefficient (Wildman–Crippen LogP) is 0.980. The summed E-state index contributed by atoms with van der Waals surface area (Å²) in [6.07, 6.45) is 3.12. The number of aryl methyl sites for hydroxylation is 1. The number of fused-ring (bicyclic) bond motifs is 1. The van der Waals surface area contributed by atoms with Gasteiger partial charge in [-0.2, -0.15) is 0 Å². The molecule has 1 aliphatic heterocycles. The lowest BCUT2D eigenvalue weighted by atomic mass is 9.96. The van der Waals surface area contributed by atoms with E-state index in [9.17, 15) is 9.59 Å². The van der Waals surface area contributed by atoms with E-state index >= 15 is 0 Å². The molecule has 110 valence electrons. The molecule has 0 unspecified atom stereocenters. The first-order valence-electron chi connectivity index (χ1n) is 7.10. The fourth-order valence-electron chi connectivity index (χ4n) is 2.89. The summed E-state index contributed by atoms with van der Waals surface area (Å²) in [4.78, 5) is 30.1. The molecule has 1 fully saturated rings. The Morgan fingerprint density at radius 2 is 2.00 bits per heavy atom. The monoisotopic (exact) mass is 286 g/mol. The number of nitrogens with two attached hydrogens (primary N) is 1. The molecule has 6 heteroatoms. The minimum Gasteiger partial charge on any atom is -0.369 e. The molecule has 0 radical (unpaired) electrons. The van der Waals surface area contributed by atoms with Gasteiger partial charge in [0.05, 0.1) is 5.69 Å². The van der Waals surface area contributed by atoms with Crippen molar-refractivity contribution in [2.24, 2.45) is 11.7 Å². The third-order valence-electron chi connectivity index (χ3n) is 4.09. The lowest BCUT2D eigenvalue weighted by Gasteiger charge is -2.30. The van der Waals surface area contributed by atoms with Gasteiger partial charge in [-0.3, -0.25) is 14.0 Å². The van der Waals surface area contributed by atoms with Gasteiger partial charge < -0.3 is 10.6 Å². The van der Waals surface area contributed by atoms with Gasteiger partial charge in [-0.15, -0.1) is 0 Å². The maximum absolute atomic E-state index is 12.7. The van der Waals surface area contributed by atoms with Crippen molar-refractivity contribution in [1.82, 2.24) is 14.3 Å². The summed E-state index contributed by atoms with van der Waals surface area (Å²) in [6, 6.07) is 5.65. The number of amides is 2. The van der Waals surface area contributed by atoms with E-state index in [2.05, 4.69) is 4.98 Å². The number of piperidine rings is 1. The molecule has 2 N–H and O–H groups in total. The second kappa shape index (κ2) is 5.20. The summed E-state index contributed by atoms with van der Waals surface area (Å²) >= 11 is 0. The third-order valence-corrected chi connectivity index (χ3v) is 4.09. The lowest BCUT2D eigenvalue weighted by molar-refractivity contribution is -0.123. The lowest BCUT2D eigenvalue weighted by Crippen LogP contribution is -2.42. The average Bonchev–Trinajstić information content (AvgIpc) is 2.82. The minimum atomic E-state index is -0.270. The highest BCUT2D eigenvalue weighted by atomic mass is 16.2. The van der Waals surface area contributed by atoms with E-state index in [-0.39, 0.29) is 17.7 Å². The van der Waals surface area contributed by atoms with E-state index in [1.807, 2.05) is 35.7 Å². The van der Waals surface area contributed by atoms with E-state index < -0.39 is 0 Å². The number of hydrogen-bond donors (Lipinski definition) is 1. The fraction of sp³-hybridized carbons (Fsp3) is 0.400. The molecule has 2 aromatic heterocycles. The van der Waals surface area contributed by atoms with E-state index in [4.69, 9.17) is 5.73 Å². The highest BCUT2D eigenvalue weighted by Crippen LogP contribution is 2.20. The van der Waals surface area contributed by atoms with Crippen molar-refractivity contribution in [3.8, 4) is 0 Å². The van der Waals surface area contributed by atoms with Gasteiger partial charge in [0.15, 0.2) is 0 Å². The third kappa shape index (κ3) is 2.37. The first kappa shape index (κ1) is 13.6. The van der Waals surface area contributed by atoms with Crippen molar-refractivity contribution in [2.45, 2.75) is 19.8 Å². The van der Waals surface area contributed by atoms with Crippen LogP contribution in [0.3, 0.4) is 0 Å². The molecule has 1 aliphatic rings. The zero-order valence-electron chi connectivity index (χ0n) is 12.0. The molecule has 0 spiro atoms. The standard InChI is InChI=1S/C15H18N4O2/c1-10-13(19-7-3-2-4-12(19)17-10)15(21)18-8-5-11(6-9-18)14(16)20/h2-4,7,11H,5-6,8-9H2,1H3,(H2,16,20). The number of primary amides is 1. The Labute approximate surface area is 122 Å². The number of carbonyl (C=O) groups is 2. The second-order valence-electron chi connectivity index (χ2n) is 5.44. The highest BCUT2D eigenvalue weighted by molar-refractivity contribution is 5.95. The molecule has 0 atom stereocenters. The Morgan fingerprint density at radius 3 is 2.67 bits per heavy atom. The number of imidazole rings is 1. The molecule has 0 aliphatic carbocycles. The van der Waals surface area contributed by atoms with Crippen LogP contribution in [0.25, 0.3) is 5.65 Å². The molecule has 3 rings (SSSR count). The number of hydrogen-bond acceptors (Lipinski definition) is 3. The smallest absolute Gasteiger partial charge is 0.272 e. The summed E-state index contributed by atoms with van der Waals surface area (Å²) in [6.45, 7) is 2.97. The van der Waals surface area contributed by atoms with Gasteiger partial charge in [0.1, 0.15) is 11.3 Å². The van der Waals surface area contributed by atoms with Crippen molar-refractivity contribution < 1.29 is 9.59 Å². The van der Waals surface area contributed by atoms with Crippen LogP contribution in [0, 0.1) is 12.8 Å². The van der Waals surface area contributed by atoms with Crippen molar-refractivity contribution in [3.05, 3.63) is 35.8 Å². The van der Waals surface area contributed by atoms with Gasteiger partial charge in [0.25, 0.3) is 5.91 Å². The first-order chi connectivity index (χ1) is 10.1. The van der Waals surface area contributed by atoms with Gasteiger partial charge >= 0.3 is 0 Å². The first-order valence-corrected chi connectivity index (χ1v) is 7.10. The van der Waals surface area contributed by atoms with Crippen molar-refractivity contribution in [1.29, 1.82) is 0 Å². The minimum absolute atomic E-state index is 0.0332. The zero-order valence-corrected chi connectivity index (χ0v) is 12.0. The number of carbonyl (C=O) groups excluding carboxylic acids is 2. The van der Waals surface area contributed by atoms with Crippen LogP contribution in [0.2, 0.25) is 0 Å². The van der Waals surface area contributed by atoms with Crippen molar-refractivity contribution >= 4 is 17.5 Å². The van der Waals surface area contributed by atoms with E-state index in [1.54, 1.807) is 4.90 Å². The van der Waals surface area contributed by atoms with Gasteiger partial charge in [-0.1, -0.05) is 6.07 Å². The molecular formula is C15H18N4O2. The van der Waals surface area contributed by atoms with Crippen LogP contribution in [0.4, 0.5) is 0 Å². The summed E-state index contributed by atoms with van der Waals surface area (Å²) < 4.78 is 1.82. The van der Waals surface area contributed by atoms with Crippen LogP contribution in [0.1, 0.15) is 29.0 Å². The Morgan fingerprint density at radius 1 is 1.29 bits per heavy atom. The summed E-state index contributed by atoms with van der Waals surface area (Å²) in [5, 5.41) is 0. The Bertz CT molecular complexity index is 699. The highest BCUT2D eigenvalue weighted by Gasteiger charge is 2.28. The molecule has 6 nitrogen and oxygen atoms in total. The molecule has 0 saturated carbocycles. The number of likely N-dealkylation sites (tertiary alicyclic amines) is 1. The van der Waals surface area contributed by atoms with E-state index in [0.717, 1.165) is 11.3 Å². The maximum Gasteiger partial charge on any atom is 0.272 e. The van der Waals surface area contributed by atoms with Crippen LogP contribution in [-0.2, 0) is 4.79 Å². The van der Waals surface area contributed by atoms with Crippen LogP contribution in [0.15, 0.2) is 24.4 Å².